The van der Waals surface area contributed by atoms with E-state index in [1.807, 2.05) is 6.07 Å². The highest BCUT2D eigenvalue weighted by Crippen LogP contribution is 2.24. The van der Waals surface area contributed by atoms with Crippen LogP contribution in [0.25, 0.3) is 0 Å². The molecule has 1 N–H and O–H groups in total. The quantitative estimate of drug-likeness (QED) is 0.617. The van der Waals surface area contributed by atoms with E-state index in [-0.39, 0.29) is 6.61 Å². The normalized spacial score (nSPS) is 10.1. The molecular formula is C18H17N3O4. The summed E-state index contributed by atoms with van der Waals surface area (Å²) < 4.78 is 15.6. The Morgan fingerprint density at radius 3 is 2.72 bits per heavy atom. The minimum atomic E-state index is -0.425. The number of benzene rings is 2. The first-order chi connectivity index (χ1) is 12.2. The topological polar surface area (TPSA) is 92.9 Å². The molecule has 0 spiro atoms. The molecule has 0 atom stereocenters. The Hall–Kier alpha value is -3.53. The summed E-state index contributed by atoms with van der Waals surface area (Å²) in [7, 11) is 3.00. The molecule has 0 aliphatic heterocycles. The van der Waals surface area contributed by atoms with Gasteiger partial charge in [0, 0.05) is 11.6 Å². The largest absolute Gasteiger partial charge is 0.497 e. The van der Waals surface area contributed by atoms with Crippen molar-refractivity contribution >= 4 is 12.1 Å². The van der Waals surface area contributed by atoms with E-state index in [0.29, 0.717) is 28.4 Å². The van der Waals surface area contributed by atoms with Gasteiger partial charge >= 0.3 is 0 Å². The lowest BCUT2D eigenvalue weighted by Gasteiger charge is -2.09. The minimum Gasteiger partial charge on any atom is -0.497 e. The molecular weight excluding hydrogens is 322 g/mol. The molecule has 25 heavy (non-hydrogen) atoms. The third kappa shape index (κ3) is 4.72. The average molecular weight is 339 g/mol. The van der Waals surface area contributed by atoms with E-state index < -0.39 is 5.91 Å². The number of para-hydroxylation sites is 1. The number of carbonyl (C=O) groups is 1. The molecule has 0 bridgehead atoms. The van der Waals surface area contributed by atoms with Crippen molar-refractivity contribution < 1.29 is 19.0 Å². The van der Waals surface area contributed by atoms with Crippen molar-refractivity contribution in [2.75, 3.05) is 20.8 Å². The summed E-state index contributed by atoms with van der Waals surface area (Å²) in [5.74, 6) is 1.04. The first-order valence-electron chi connectivity index (χ1n) is 7.33. The molecule has 7 nitrogen and oxygen atoms in total. The van der Waals surface area contributed by atoms with Gasteiger partial charge in [0.2, 0.25) is 0 Å². The molecule has 2 rings (SSSR count). The standard InChI is InChI=1S/C18H17N3O4/c1-23-14-7-8-15(17(11-14)24-2)18(22)21-20-12-13-5-3-4-6-16(13)25-10-9-19/h3-8,11-12H,10H2,1-2H3,(H,21,22). The predicted octanol–water partition coefficient (Wildman–Crippen LogP) is 2.37. The second-order valence-electron chi connectivity index (χ2n) is 4.75. The summed E-state index contributed by atoms with van der Waals surface area (Å²) >= 11 is 0. The zero-order chi connectivity index (χ0) is 18.1. The Bertz CT molecular complexity index is 812. The third-order valence-corrected chi connectivity index (χ3v) is 3.23. The van der Waals surface area contributed by atoms with Gasteiger partial charge in [0.05, 0.1) is 26.0 Å². The number of carbonyl (C=O) groups excluding carboxylic acids is 1. The van der Waals surface area contributed by atoms with Gasteiger partial charge in [-0.25, -0.2) is 5.43 Å². The van der Waals surface area contributed by atoms with Crippen molar-refractivity contribution in [3.63, 3.8) is 0 Å². The summed E-state index contributed by atoms with van der Waals surface area (Å²) in [6, 6.07) is 13.8. The maximum atomic E-state index is 12.3. The van der Waals surface area contributed by atoms with Crippen LogP contribution in [0.3, 0.4) is 0 Å². The van der Waals surface area contributed by atoms with Crippen LogP contribution in [0.4, 0.5) is 0 Å². The summed E-state index contributed by atoms with van der Waals surface area (Å²) in [5.41, 5.74) is 3.40. The number of methoxy groups -OCH3 is 2. The molecule has 0 saturated heterocycles. The smallest absolute Gasteiger partial charge is 0.275 e. The summed E-state index contributed by atoms with van der Waals surface area (Å²) in [5, 5.41) is 12.5. The van der Waals surface area contributed by atoms with Gasteiger partial charge in [-0.2, -0.15) is 10.4 Å². The fraction of sp³-hybridized carbons (Fsp3) is 0.167. The number of hydrogen-bond acceptors (Lipinski definition) is 6. The van der Waals surface area contributed by atoms with E-state index in [1.54, 1.807) is 42.5 Å². The van der Waals surface area contributed by atoms with Crippen LogP contribution >= 0.6 is 0 Å². The molecule has 0 heterocycles. The Kier molecular flexibility index (Phi) is 6.37. The van der Waals surface area contributed by atoms with Crippen LogP contribution in [0.2, 0.25) is 0 Å². The summed E-state index contributed by atoms with van der Waals surface area (Å²) in [6.45, 7) is -0.0692. The molecule has 0 unspecified atom stereocenters. The molecule has 0 aromatic heterocycles. The first-order valence-corrected chi connectivity index (χ1v) is 7.33. The highest BCUT2D eigenvalue weighted by atomic mass is 16.5. The van der Waals surface area contributed by atoms with Crippen molar-refractivity contribution in [2.24, 2.45) is 5.10 Å². The Morgan fingerprint density at radius 2 is 2.00 bits per heavy atom. The average Bonchev–Trinajstić information content (AvgIpc) is 2.66. The van der Waals surface area contributed by atoms with Crippen LogP contribution in [0.15, 0.2) is 47.6 Å². The van der Waals surface area contributed by atoms with E-state index in [4.69, 9.17) is 19.5 Å². The van der Waals surface area contributed by atoms with Crippen LogP contribution < -0.4 is 19.6 Å². The van der Waals surface area contributed by atoms with Crippen LogP contribution in [0.5, 0.6) is 17.2 Å². The number of rotatable bonds is 7. The van der Waals surface area contributed by atoms with Crippen molar-refractivity contribution in [3.05, 3.63) is 53.6 Å². The number of amides is 1. The molecule has 0 fully saturated rings. The van der Waals surface area contributed by atoms with E-state index >= 15 is 0 Å². The zero-order valence-corrected chi connectivity index (χ0v) is 13.9. The van der Waals surface area contributed by atoms with Crippen LogP contribution in [0.1, 0.15) is 15.9 Å². The monoisotopic (exact) mass is 339 g/mol. The molecule has 0 aliphatic rings. The molecule has 1 amide bonds. The van der Waals surface area contributed by atoms with Crippen molar-refractivity contribution in [3.8, 4) is 23.3 Å². The first kappa shape index (κ1) is 17.8. The van der Waals surface area contributed by atoms with Gasteiger partial charge in [0.25, 0.3) is 5.91 Å². The Morgan fingerprint density at radius 1 is 1.20 bits per heavy atom. The van der Waals surface area contributed by atoms with Gasteiger partial charge in [-0.1, -0.05) is 12.1 Å². The highest BCUT2D eigenvalue weighted by Gasteiger charge is 2.12. The van der Waals surface area contributed by atoms with Gasteiger partial charge < -0.3 is 14.2 Å². The molecule has 2 aromatic rings. The van der Waals surface area contributed by atoms with E-state index in [1.165, 1.54) is 20.4 Å². The lowest BCUT2D eigenvalue weighted by atomic mass is 10.2. The zero-order valence-electron chi connectivity index (χ0n) is 13.9. The van der Waals surface area contributed by atoms with Gasteiger partial charge in [-0.15, -0.1) is 0 Å². The van der Waals surface area contributed by atoms with Gasteiger partial charge in [-0.3, -0.25) is 4.79 Å². The summed E-state index contributed by atoms with van der Waals surface area (Å²) in [6.07, 6.45) is 1.45. The fourth-order valence-corrected chi connectivity index (χ4v) is 2.04. The summed E-state index contributed by atoms with van der Waals surface area (Å²) in [4.78, 5) is 12.3. The highest BCUT2D eigenvalue weighted by molar-refractivity contribution is 5.97. The number of nitrogens with one attached hydrogen (secondary N) is 1. The van der Waals surface area contributed by atoms with Gasteiger partial charge in [0.1, 0.15) is 23.3 Å². The molecule has 2 aromatic carbocycles. The molecule has 128 valence electrons. The Labute approximate surface area is 145 Å². The number of nitriles is 1. The van der Waals surface area contributed by atoms with Crippen molar-refractivity contribution in [2.45, 2.75) is 0 Å². The lowest BCUT2D eigenvalue weighted by molar-refractivity contribution is 0.0952. The second kappa shape index (κ2) is 8.93. The van der Waals surface area contributed by atoms with E-state index in [0.717, 1.165) is 0 Å². The molecule has 0 aliphatic carbocycles. The fourth-order valence-electron chi connectivity index (χ4n) is 2.04. The van der Waals surface area contributed by atoms with Crippen LogP contribution in [-0.2, 0) is 0 Å². The van der Waals surface area contributed by atoms with Crippen molar-refractivity contribution in [1.29, 1.82) is 5.26 Å². The molecule has 7 heteroatoms. The number of hydrazone groups is 1. The van der Waals surface area contributed by atoms with Crippen molar-refractivity contribution in [1.82, 2.24) is 5.43 Å². The molecule has 0 saturated carbocycles. The predicted molar refractivity (Wildman–Crippen MR) is 92.2 cm³/mol. The SMILES string of the molecule is COc1ccc(C(=O)NN=Cc2ccccc2OCC#N)c(OC)c1. The number of hydrogen-bond donors (Lipinski definition) is 1. The minimum absolute atomic E-state index is 0.0692. The second-order valence-corrected chi connectivity index (χ2v) is 4.75. The van der Waals surface area contributed by atoms with E-state index in [2.05, 4.69) is 10.5 Å². The Balaban J connectivity index is 2.10. The van der Waals surface area contributed by atoms with E-state index in [9.17, 15) is 4.79 Å². The van der Waals surface area contributed by atoms with Gasteiger partial charge in [-0.05, 0) is 24.3 Å². The number of ether oxygens (including phenoxy) is 3. The number of nitrogens with zero attached hydrogens (tertiary/aromatic N) is 2. The molecule has 0 radical (unpaired) electrons. The van der Waals surface area contributed by atoms with Crippen LogP contribution in [-0.4, -0.2) is 32.9 Å². The lowest BCUT2D eigenvalue weighted by Crippen LogP contribution is -2.18. The third-order valence-electron chi connectivity index (χ3n) is 3.23. The van der Waals surface area contributed by atoms with Crippen LogP contribution in [0, 0.1) is 11.3 Å². The maximum absolute atomic E-state index is 12.3. The van der Waals surface area contributed by atoms with Gasteiger partial charge in [0.15, 0.2) is 6.61 Å². The maximum Gasteiger partial charge on any atom is 0.275 e.